The van der Waals surface area contributed by atoms with Gasteiger partial charge in [0, 0.05) is 18.8 Å². The first kappa shape index (κ1) is 13.5. The van der Waals surface area contributed by atoms with Crippen molar-refractivity contribution in [3.05, 3.63) is 59.7 Å². The molecule has 2 heteroatoms. The molecule has 2 aromatic rings. The number of para-hydroxylation sites is 1. The number of rotatable bonds is 5. The van der Waals surface area contributed by atoms with E-state index in [1.165, 1.54) is 11.3 Å². The van der Waals surface area contributed by atoms with Crippen molar-refractivity contribution in [1.29, 1.82) is 0 Å². The highest BCUT2D eigenvalue weighted by Gasteiger charge is 2.06. The van der Waals surface area contributed by atoms with Crippen molar-refractivity contribution in [1.82, 2.24) is 0 Å². The molecule has 0 saturated heterocycles. The molecule has 0 atom stereocenters. The highest BCUT2D eigenvalue weighted by Crippen LogP contribution is 2.19. The highest BCUT2D eigenvalue weighted by atomic mass is 16.3. The van der Waals surface area contributed by atoms with E-state index < -0.39 is 0 Å². The predicted octanol–water partition coefficient (Wildman–Crippen LogP) is 3.77. The molecular weight excluding hydrogens is 234 g/mol. The Bertz CT molecular complexity index is 536. The van der Waals surface area contributed by atoms with Gasteiger partial charge < -0.3 is 10.0 Å². The zero-order valence-corrected chi connectivity index (χ0v) is 11.6. The maximum absolute atomic E-state index is 9.79. The van der Waals surface area contributed by atoms with Crippen LogP contribution in [-0.4, -0.2) is 18.2 Å². The van der Waals surface area contributed by atoms with Gasteiger partial charge in [-0.05, 0) is 49.6 Å². The number of nitrogens with zero attached hydrogens (tertiary/aromatic N) is 1. The summed E-state index contributed by atoms with van der Waals surface area (Å²) >= 11 is 0. The van der Waals surface area contributed by atoms with E-state index in [4.69, 9.17) is 0 Å². The maximum atomic E-state index is 9.79. The first-order chi connectivity index (χ1) is 9.20. The Morgan fingerprint density at radius 3 is 2.53 bits per heavy atom. The normalized spacial score (nSPS) is 10.4. The number of anilines is 1. The van der Waals surface area contributed by atoms with Gasteiger partial charge in [0.05, 0.1) is 0 Å². The van der Waals surface area contributed by atoms with Gasteiger partial charge >= 0.3 is 0 Å². The number of phenols is 1. The SMILES string of the molecule is CCN(CCc1ccccc1O)c1cccc(C)c1. The topological polar surface area (TPSA) is 23.5 Å². The van der Waals surface area contributed by atoms with Crippen LogP contribution in [0.5, 0.6) is 5.75 Å². The average Bonchev–Trinajstić information content (AvgIpc) is 2.41. The average molecular weight is 255 g/mol. The molecule has 0 fully saturated rings. The number of aromatic hydroxyl groups is 1. The molecule has 19 heavy (non-hydrogen) atoms. The molecule has 0 aliphatic carbocycles. The van der Waals surface area contributed by atoms with Crippen LogP contribution in [0.3, 0.4) is 0 Å². The van der Waals surface area contributed by atoms with Crippen molar-refractivity contribution >= 4 is 5.69 Å². The third-order valence-corrected chi connectivity index (χ3v) is 3.39. The van der Waals surface area contributed by atoms with E-state index in [2.05, 4.69) is 43.0 Å². The van der Waals surface area contributed by atoms with Crippen molar-refractivity contribution in [3.8, 4) is 5.75 Å². The standard InChI is InChI=1S/C17H21NO/c1-3-18(16-9-6-7-14(2)13-16)12-11-15-8-4-5-10-17(15)19/h4-10,13,19H,3,11-12H2,1-2H3. The van der Waals surface area contributed by atoms with E-state index >= 15 is 0 Å². The van der Waals surface area contributed by atoms with Gasteiger partial charge in [-0.25, -0.2) is 0 Å². The predicted molar refractivity (Wildman–Crippen MR) is 80.9 cm³/mol. The Labute approximate surface area is 115 Å². The monoisotopic (exact) mass is 255 g/mol. The van der Waals surface area contributed by atoms with Crippen LogP contribution in [0.4, 0.5) is 5.69 Å². The molecule has 0 saturated carbocycles. The molecule has 0 radical (unpaired) electrons. The fourth-order valence-electron chi connectivity index (χ4n) is 2.27. The Kier molecular flexibility index (Phi) is 4.45. The fraction of sp³-hybridized carbons (Fsp3) is 0.294. The largest absolute Gasteiger partial charge is 0.508 e. The molecule has 0 bridgehead atoms. The van der Waals surface area contributed by atoms with Crippen molar-refractivity contribution in [3.63, 3.8) is 0 Å². The number of benzene rings is 2. The van der Waals surface area contributed by atoms with Gasteiger partial charge in [0.2, 0.25) is 0 Å². The van der Waals surface area contributed by atoms with E-state index in [0.29, 0.717) is 5.75 Å². The number of hydrogen-bond donors (Lipinski definition) is 1. The van der Waals surface area contributed by atoms with E-state index in [1.807, 2.05) is 18.2 Å². The Morgan fingerprint density at radius 1 is 1.05 bits per heavy atom. The smallest absolute Gasteiger partial charge is 0.118 e. The number of likely N-dealkylation sites (N-methyl/N-ethyl adjacent to an activating group) is 1. The minimum atomic E-state index is 0.391. The summed E-state index contributed by atoms with van der Waals surface area (Å²) in [6, 6.07) is 16.1. The van der Waals surface area contributed by atoms with E-state index in [0.717, 1.165) is 25.1 Å². The van der Waals surface area contributed by atoms with Gasteiger partial charge in [-0.3, -0.25) is 0 Å². The van der Waals surface area contributed by atoms with Crippen molar-refractivity contribution in [2.45, 2.75) is 20.3 Å². The van der Waals surface area contributed by atoms with E-state index in [9.17, 15) is 5.11 Å². The third-order valence-electron chi connectivity index (χ3n) is 3.39. The van der Waals surface area contributed by atoms with Crippen molar-refractivity contribution in [2.75, 3.05) is 18.0 Å². The van der Waals surface area contributed by atoms with Crippen LogP contribution < -0.4 is 4.90 Å². The van der Waals surface area contributed by atoms with Gasteiger partial charge in [0.15, 0.2) is 0 Å². The summed E-state index contributed by atoms with van der Waals surface area (Å²) in [6.07, 6.45) is 0.856. The molecule has 0 spiro atoms. The van der Waals surface area contributed by atoms with Gasteiger partial charge in [0.1, 0.15) is 5.75 Å². The summed E-state index contributed by atoms with van der Waals surface area (Å²) in [6.45, 7) is 6.15. The Balaban J connectivity index is 2.06. The second-order valence-corrected chi connectivity index (χ2v) is 4.80. The summed E-state index contributed by atoms with van der Waals surface area (Å²) in [5.74, 6) is 0.391. The van der Waals surface area contributed by atoms with Crippen LogP contribution in [0.15, 0.2) is 48.5 Å². The maximum Gasteiger partial charge on any atom is 0.118 e. The van der Waals surface area contributed by atoms with Gasteiger partial charge in [-0.15, -0.1) is 0 Å². The lowest BCUT2D eigenvalue weighted by atomic mass is 10.1. The van der Waals surface area contributed by atoms with Crippen molar-refractivity contribution < 1.29 is 5.11 Å². The molecule has 0 aliphatic rings. The molecule has 100 valence electrons. The van der Waals surface area contributed by atoms with E-state index in [-0.39, 0.29) is 0 Å². The van der Waals surface area contributed by atoms with Crippen LogP contribution in [0, 0.1) is 6.92 Å². The summed E-state index contributed by atoms with van der Waals surface area (Å²) in [4.78, 5) is 2.33. The molecule has 0 heterocycles. The summed E-state index contributed by atoms with van der Waals surface area (Å²) in [7, 11) is 0. The lowest BCUT2D eigenvalue weighted by molar-refractivity contribution is 0.468. The summed E-state index contributed by atoms with van der Waals surface area (Å²) < 4.78 is 0. The number of hydrogen-bond acceptors (Lipinski definition) is 2. The van der Waals surface area contributed by atoms with Crippen molar-refractivity contribution in [2.24, 2.45) is 0 Å². The Morgan fingerprint density at radius 2 is 1.84 bits per heavy atom. The van der Waals surface area contributed by atoms with Gasteiger partial charge in [-0.1, -0.05) is 30.3 Å². The van der Waals surface area contributed by atoms with E-state index in [1.54, 1.807) is 6.07 Å². The molecule has 0 unspecified atom stereocenters. The third kappa shape index (κ3) is 3.50. The molecule has 2 nitrogen and oxygen atoms in total. The number of aryl methyl sites for hydroxylation is 1. The Hall–Kier alpha value is -1.96. The highest BCUT2D eigenvalue weighted by molar-refractivity contribution is 5.48. The quantitative estimate of drug-likeness (QED) is 0.879. The molecular formula is C17H21NO. The second kappa shape index (κ2) is 6.28. The first-order valence-electron chi connectivity index (χ1n) is 6.79. The van der Waals surface area contributed by atoms with Crippen LogP contribution >= 0.6 is 0 Å². The minimum absolute atomic E-state index is 0.391. The summed E-state index contributed by atoms with van der Waals surface area (Å²) in [5, 5.41) is 9.79. The van der Waals surface area contributed by atoms with Crippen LogP contribution in [0.25, 0.3) is 0 Å². The molecule has 2 rings (SSSR count). The molecule has 0 amide bonds. The minimum Gasteiger partial charge on any atom is -0.508 e. The zero-order chi connectivity index (χ0) is 13.7. The van der Waals surface area contributed by atoms with Crippen LogP contribution in [0.2, 0.25) is 0 Å². The fourth-order valence-corrected chi connectivity index (χ4v) is 2.27. The van der Waals surface area contributed by atoms with Gasteiger partial charge in [-0.2, -0.15) is 0 Å². The summed E-state index contributed by atoms with van der Waals surface area (Å²) in [5.41, 5.74) is 3.53. The molecule has 0 aliphatic heterocycles. The first-order valence-corrected chi connectivity index (χ1v) is 6.79. The molecule has 1 N–H and O–H groups in total. The lowest BCUT2D eigenvalue weighted by Crippen LogP contribution is -2.25. The number of phenolic OH excluding ortho intramolecular Hbond substituents is 1. The molecule has 2 aromatic carbocycles. The van der Waals surface area contributed by atoms with Crippen LogP contribution in [-0.2, 0) is 6.42 Å². The molecule has 0 aromatic heterocycles. The second-order valence-electron chi connectivity index (χ2n) is 4.80. The van der Waals surface area contributed by atoms with Crippen LogP contribution in [0.1, 0.15) is 18.1 Å². The zero-order valence-electron chi connectivity index (χ0n) is 11.6. The van der Waals surface area contributed by atoms with Gasteiger partial charge in [0.25, 0.3) is 0 Å². The lowest BCUT2D eigenvalue weighted by Gasteiger charge is -2.23.